The van der Waals surface area contributed by atoms with Crippen LogP contribution in [0.5, 0.6) is 0 Å². The van der Waals surface area contributed by atoms with Crippen LogP contribution in [0.3, 0.4) is 0 Å². The fourth-order valence-electron chi connectivity index (χ4n) is 3.25. The molecular formula is C22H27N3O2S. The first kappa shape index (κ1) is 20.4. The zero-order valence-corrected chi connectivity index (χ0v) is 17.7. The minimum Gasteiger partial charge on any atom is -0.431 e. The van der Waals surface area contributed by atoms with Gasteiger partial charge in [0.2, 0.25) is 0 Å². The van der Waals surface area contributed by atoms with Crippen molar-refractivity contribution in [2.75, 3.05) is 27.2 Å². The van der Waals surface area contributed by atoms with Gasteiger partial charge in [-0.05, 0) is 43.3 Å². The molecular weight excluding hydrogens is 370 g/mol. The summed E-state index contributed by atoms with van der Waals surface area (Å²) in [5.74, 6) is 0.581. The average Bonchev–Trinajstić information content (AvgIpc) is 3.07. The molecule has 0 radical (unpaired) electrons. The van der Waals surface area contributed by atoms with E-state index in [9.17, 15) is 4.79 Å². The third-order valence-electron chi connectivity index (χ3n) is 4.36. The van der Waals surface area contributed by atoms with Crippen LogP contribution < -0.4 is 5.32 Å². The minimum absolute atomic E-state index is 0.00104. The van der Waals surface area contributed by atoms with Crippen molar-refractivity contribution in [1.29, 1.82) is 0 Å². The van der Waals surface area contributed by atoms with Crippen molar-refractivity contribution in [1.82, 2.24) is 15.2 Å². The molecule has 1 amide bonds. The second-order valence-corrected chi connectivity index (χ2v) is 8.90. The molecule has 0 aliphatic carbocycles. The summed E-state index contributed by atoms with van der Waals surface area (Å²) in [7, 11) is 4.09. The number of nitrogens with zero attached hydrogens (tertiary/aromatic N) is 2. The average molecular weight is 398 g/mol. The largest absolute Gasteiger partial charge is 0.431 e. The van der Waals surface area contributed by atoms with E-state index in [0.29, 0.717) is 23.1 Å². The monoisotopic (exact) mass is 397 g/mol. The standard InChI is InChI=1S/C22H27N3O2S/c1-22(2,15-25(3)4)14-23-20(26)17-10-6-5-9-16(17)13-28-21-24-18-11-7-8-12-19(18)27-21/h5-12H,13-15H2,1-4H3,(H,23,26). The maximum atomic E-state index is 12.8. The van der Waals surface area contributed by atoms with E-state index in [0.717, 1.165) is 23.2 Å². The van der Waals surface area contributed by atoms with E-state index in [2.05, 4.69) is 29.0 Å². The normalized spacial score (nSPS) is 11.9. The van der Waals surface area contributed by atoms with Crippen LogP contribution in [0.25, 0.3) is 11.1 Å². The van der Waals surface area contributed by atoms with Gasteiger partial charge < -0.3 is 14.6 Å². The molecule has 3 aromatic rings. The maximum Gasteiger partial charge on any atom is 0.257 e. The maximum absolute atomic E-state index is 12.8. The van der Waals surface area contributed by atoms with Gasteiger partial charge in [0, 0.05) is 24.4 Å². The summed E-state index contributed by atoms with van der Waals surface area (Å²) in [6.07, 6.45) is 0. The predicted octanol–water partition coefficient (Wildman–Crippen LogP) is 4.44. The lowest BCUT2D eigenvalue weighted by atomic mass is 9.92. The Hall–Kier alpha value is -2.31. The Bertz CT molecular complexity index is 917. The van der Waals surface area contributed by atoms with Gasteiger partial charge in [-0.1, -0.05) is 55.9 Å². The predicted molar refractivity (Wildman–Crippen MR) is 115 cm³/mol. The molecule has 0 atom stereocenters. The molecule has 3 rings (SSSR count). The first-order valence-electron chi connectivity index (χ1n) is 9.33. The quantitative estimate of drug-likeness (QED) is 0.570. The van der Waals surface area contributed by atoms with Gasteiger partial charge in [-0.25, -0.2) is 4.98 Å². The molecule has 1 N–H and O–H groups in total. The Morgan fingerprint density at radius 3 is 2.61 bits per heavy atom. The minimum atomic E-state index is -0.0411. The molecule has 0 aliphatic rings. The molecule has 0 saturated carbocycles. The number of aromatic nitrogens is 1. The van der Waals surface area contributed by atoms with E-state index in [-0.39, 0.29) is 11.3 Å². The molecule has 148 valence electrons. The molecule has 5 nitrogen and oxygen atoms in total. The number of para-hydroxylation sites is 2. The molecule has 0 spiro atoms. The molecule has 0 bridgehead atoms. The number of oxazole rings is 1. The topological polar surface area (TPSA) is 58.4 Å². The van der Waals surface area contributed by atoms with Crippen molar-refractivity contribution in [2.45, 2.75) is 24.8 Å². The lowest BCUT2D eigenvalue weighted by molar-refractivity contribution is 0.0928. The molecule has 0 unspecified atom stereocenters. The first-order chi connectivity index (χ1) is 13.3. The number of carbonyl (C=O) groups excluding carboxylic acids is 1. The van der Waals surface area contributed by atoms with E-state index in [4.69, 9.17) is 4.42 Å². The van der Waals surface area contributed by atoms with Gasteiger partial charge in [-0.15, -0.1) is 0 Å². The number of benzene rings is 2. The highest BCUT2D eigenvalue weighted by Gasteiger charge is 2.21. The summed E-state index contributed by atoms with van der Waals surface area (Å²) in [6.45, 7) is 5.84. The number of nitrogens with one attached hydrogen (secondary N) is 1. The molecule has 0 fully saturated rings. The Labute approximate surface area is 170 Å². The third kappa shape index (κ3) is 5.36. The Kier molecular flexibility index (Phi) is 6.42. The second kappa shape index (κ2) is 8.80. The van der Waals surface area contributed by atoms with Gasteiger partial charge in [0.05, 0.1) is 0 Å². The lowest BCUT2D eigenvalue weighted by Gasteiger charge is -2.28. The van der Waals surface area contributed by atoms with E-state index in [1.165, 1.54) is 11.8 Å². The van der Waals surface area contributed by atoms with Crippen molar-refractivity contribution < 1.29 is 9.21 Å². The number of amides is 1. The fraction of sp³-hybridized carbons (Fsp3) is 0.364. The summed E-state index contributed by atoms with van der Waals surface area (Å²) in [6, 6.07) is 15.4. The van der Waals surface area contributed by atoms with Gasteiger partial charge >= 0.3 is 0 Å². The lowest BCUT2D eigenvalue weighted by Crippen LogP contribution is -2.40. The van der Waals surface area contributed by atoms with Crippen LogP contribution in [-0.2, 0) is 5.75 Å². The SMILES string of the molecule is CN(C)CC(C)(C)CNC(=O)c1ccccc1CSc1nc2ccccc2o1. The zero-order chi connectivity index (χ0) is 20.1. The van der Waals surface area contributed by atoms with E-state index < -0.39 is 0 Å². The molecule has 28 heavy (non-hydrogen) atoms. The zero-order valence-electron chi connectivity index (χ0n) is 16.9. The van der Waals surface area contributed by atoms with Crippen LogP contribution in [0.15, 0.2) is 58.2 Å². The molecule has 0 aliphatic heterocycles. The molecule has 6 heteroatoms. The summed E-state index contributed by atoms with van der Waals surface area (Å²) >= 11 is 1.50. The number of fused-ring (bicyclic) bond motifs is 1. The molecule has 2 aromatic carbocycles. The highest BCUT2D eigenvalue weighted by molar-refractivity contribution is 7.98. The summed E-state index contributed by atoms with van der Waals surface area (Å²) in [4.78, 5) is 19.4. The first-order valence-corrected chi connectivity index (χ1v) is 10.3. The number of rotatable bonds is 8. The van der Waals surface area contributed by atoms with Gasteiger partial charge in [-0.2, -0.15) is 0 Å². The smallest absolute Gasteiger partial charge is 0.257 e. The van der Waals surface area contributed by atoms with Crippen LogP contribution in [0, 0.1) is 5.41 Å². The second-order valence-electron chi connectivity index (χ2n) is 7.98. The van der Waals surface area contributed by atoms with Crippen molar-refractivity contribution in [3.05, 3.63) is 59.7 Å². The summed E-state index contributed by atoms with van der Waals surface area (Å²) < 4.78 is 5.77. The van der Waals surface area contributed by atoms with Crippen LogP contribution in [0.1, 0.15) is 29.8 Å². The van der Waals surface area contributed by atoms with Crippen LogP contribution in [0.4, 0.5) is 0 Å². The van der Waals surface area contributed by atoms with Crippen LogP contribution >= 0.6 is 11.8 Å². The fourth-order valence-corrected chi connectivity index (χ4v) is 4.09. The third-order valence-corrected chi connectivity index (χ3v) is 5.24. The number of hydrogen-bond donors (Lipinski definition) is 1. The number of hydrogen-bond acceptors (Lipinski definition) is 5. The molecule has 1 heterocycles. The van der Waals surface area contributed by atoms with Crippen molar-refractivity contribution in [3.63, 3.8) is 0 Å². The Balaban J connectivity index is 1.66. The van der Waals surface area contributed by atoms with Crippen molar-refractivity contribution in [3.8, 4) is 0 Å². The molecule has 1 aromatic heterocycles. The van der Waals surface area contributed by atoms with E-state index in [1.807, 2.05) is 62.6 Å². The van der Waals surface area contributed by atoms with E-state index in [1.54, 1.807) is 0 Å². The Morgan fingerprint density at radius 1 is 1.14 bits per heavy atom. The number of thioether (sulfide) groups is 1. The van der Waals surface area contributed by atoms with Crippen LogP contribution in [-0.4, -0.2) is 43.0 Å². The van der Waals surface area contributed by atoms with Gasteiger partial charge in [0.15, 0.2) is 5.58 Å². The molecule has 0 saturated heterocycles. The highest BCUT2D eigenvalue weighted by Crippen LogP contribution is 2.27. The van der Waals surface area contributed by atoms with Crippen molar-refractivity contribution in [2.24, 2.45) is 5.41 Å². The van der Waals surface area contributed by atoms with Gasteiger partial charge in [0.25, 0.3) is 11.1 Å². The van der Waals surface area contributed by atoms with Gasteiger partial charge in [0.1, 0.15) is 5.52 Å². The van der Waals surface area contributed by atoms with E-state index >= 15 is 0 Å². The Morgan fingerprint density at radius 2 is 1.86 bits per heavy atom. The van der Waals surface area contributed by atoms with Gasteiger partial charge in [-0.3, -0.25) is 4.79 Å². The van der Waals surface area contributed by atoms with Crippen molar-refractivity contribution >= 4 is 28.8 Å². The summed E-state index contributed by atoms with van der Waals surface area (Å²) in [5.41, 5.74) is 3.30. The number of carbonyl (C=O) groups is 1. The highest BCUT2D eigenvalue weighted by atomic mass is 32.2. The van der Waals surface area contributed by atoms with Crippen LogP contribution in [0.2, 0.25) is 0 Å². The summed E-state index contributed by atoms with van der Waals surface area (Å²) in [5, 5.41) is 3.71.